The van der Waals surface area contributed by atoms with Gasteiger partial charge in [-0.3, -0.25) is 9.59 Å². The monoisotopic (exact) mass is 354 g/mol. The van der Waals surface area contributed by atoms with Crippen LogP contribution in [0.25, 0.3) is 0 Å². The fourth-order valence-electron chi connectivity index (χ4n) is 2.74. The second-order valence-corrected chi connectivity index (χ2v) is 6.17. The van der Waals surface area contributed by atoms with Crippen LogP contribution in [0.5, 0.6) is 11.5 Å². The van der Waals surface area contributed by atoms with Crippen LogP contribution >= 0.6 is 0 Å². The van der Waals surface area contributed by atoms with E-state index in [1.165, 1.54) is 0 Å². The summed E-state index contributed by atoms with van der Waals surface area (Å²) in [6, 6.07) is 12.3. The van der Waals surface area contributed by atoms with E-state index in [1.54, 1.807) is 55.3 Å². The second-order valence-electron chi connectivity index (χ2n) is 6.17. The molecule has 0 spiro atoms. The zero-order chi connectivity index (χ0) is 18.7. The minimum absolute atomic E-state index is 0.123. The SMILES string of the molecule is CCCOc1cccc(C(=O)Nc2ccc3c(c2)N(C)C(=O)C(C)O3)c1. The van der Waals surface area contributed by atoms with Gasteiger partial charge in [0.2, 0.25) is 0 Å². The van der Waals surface area contributed by atoms with Crippen molar-refractivity contribution in [1.29, 1.82) is 0 Å². The lowest BCUT2D eigenvalue weighted by atomic mass is 10.1. The van der Waals surface area contributed by atoms with Gasteiger partial charge in [-0.1, -0.05) is 13.0 Å². The molecule has 26 heavy (non-hydrogen) atoms. The van der Waals surface area contributed by atoms with E-state index in [0.717, 1.165) is 6.42 Å². The van der Waals surface area contributed by atoms with E-state index < -0.39 is 6.10 Å². The summed E-state index contributed by atoms with van der Waals surface area (Å²) in [5.74, 6) is 0.915. The third-order valence-electron chi connectivity index (χ3n) is 4.13. The summed E-state index contributed by atoms with van der Waals surface area (Å²) < 4.78 is 11.2. The van der Waals surface area contributed by atoms with Crippen LogP contribution in [-0.2, 0) is 4.79 Å². The molecule has 0 fully saturated rings. The maximum Gasteiger partial charge on any atom is 0.267 e. The molecule has 1 aliphatic heterocycles. The fraction of sp³-hybridized carbons (Fsp3) is 0.300. The molecule has 2 aromatic carbocycles. The van der Waals surface area contributed by atoms with Gasteiger partial charge in [-0.2, -0.15) is 0 Å². The number of nitrogens with one attached hydrogen (secondary N) is 1. The minimum Gasteiger partial charge on any atom is -0.494 e. The molecule has 0 aromatic heterocycles. The molecule has 1 heterocycles. The van der Waals surface area contributed by atoms with Gasteiger partial charge < -0.3 is 19.7 Å². The molecular weight excluding hydrogens is 332 g/mol. The summed E-state index contributed by atoms with van der Waals surface area (Å²) in [7, 11) is 1.69. The molecule has 1 unspecified atom stereocenters. The van der Waals surface area contributed by atoms with E-state index in [4.69, 9.17) is 9.47 Å². The highest BCUT2D eigenvalue weighted by Gasteiger charge is 2.29. The van der Waals surface area contributed by atoms with Crippen molar-refractivity contribution in [2.75, 3.05) is 23.9 Å². The fourth-order valence-corrected chi connectivity index (χ4v) is 2.74. The van der Waals surface area contributed by atoms with E-state index in [1.807, 2.05) is 13.0 Å². The molecule has 3 rings (SSSR count). The molecular formula is C20H22N2O4. The van der Waals surface area contributed by atoms with Crippen molar-refractivity contribution in [3.63, 3.8) is 0 Å². The number of hydrogen-bond acceptors (Lipinski definition) is 4. The molecule has 0 radical (unpaired) electrons. The smallest absolute Gasteiger partial charge is 0.267 e. The average Bonchev–Trinajstić information content (AvgIpc) is 2.65. The Bertz CT molecular complexity index is 834. The minimum atomic E-state index is -0.515. The number of ether oxygens (including phenoxy) is 2. The van der Waals surface area contributed by atoms with Crippen LogP contribution in [0.15, 0.2) is 42.5 Å². The molecule has 6 heteroatoms. The number of carbonyl (C=O) groups is 2. The van der Waals surface area contributed by atoms with Gasteiger partial charge in [0.15, 0.2) is 6.10 Å². The van der Waals surface area contributed by atoms with Crippen molar-refractivity contribution in [2.45, 2.75) is 26.4 Å². The summed E-state index contributed by atoms with van der Waals surface area (Å²) in [5, 5.41) is 2.85. The molecule has 2 aromatic rings. The number of carbonyl (C=O) groups excluding carboxylic acids is 2. The first-order valence-electron chi connectivity index (χ1n) is 8.62. The van der Waals surface area contributed by atoms with Crippen LogP contribution in [0.3, 0.4) is 0 Å². The summed E-state index contributed by atoms with van der Waals surface area (Å²) in [4.78, 5) is 26.1. The van der Waals surface area contributed by atoms with Crippen LogP contribution in [-0.4, -0.2) is 31.6 Å². The Kier molecular flexibility index (Phi) is 5.11. The standard InChI is InChI=1S/C20H22N2O4/c1-4-10-25-16-7-5-6-14(11-16)19(23)21-15-8-9-18-17(12-15)22(3)20(24)13(2)26-18/h5-9,11-13H,4,10H2,1-3H3,(H,21,23). The number of anilines is 2. The average molecular weight is 354 g/mol. The lowest BCUT2D eigenvalue weighted by molar-refractivity contribution is -0.125. The highest BCUT2D eigenvalue weighted by atomic mass is 16.5. The first kappa shape index (κ1) is 17.8. The van der Waals surface area contributed by atoms with Gasteiger partial charge in [0, 0.05) is 18.3 Å². The molecule has 0 saturated carbocycles. The lowest BCUT2D eigenvalue weighted by Crippen LogP contribution is -2.41. The van der Waals surface area contributed by atoms with E-state index in [-0.39, 0.29) is 11.8 Å². The molecule has 1 aliphatic rings. The third kappa shape index (κ3) is 3.64. The second kappa shape index (κ2) is 7.47. The van der Waals surface area contributed by atoms with E-state index in [2.05, 4.69) is 5.32 Å². The zero-order valence-electron chi connectivity index (χ0n) is 15.1. The van der Waals surface area contributed by atoms with Crippen LogP contribution in [0, 0.1) is 0 Å². The Labute approximate surface area is 152 Å². The molecule has 0 bridgehead atoms. The van der Waals surface area contributed by atoms with E-state index >= 15 is 0 Å². The quantitative estimate of drug-likeness (QED) is 0.893. The van der Waals surface area contributed by atoms with Crippen molar-refractivity contribution in [3.8, 4) is 11.5 Å². The van der Waals surface area contributed by atoms with Gasteiger partial charge in [-0.05, 0) is 49.7 Å². The number of nitrogens with zero attached hydrogens (tertiary/aromatic N) is 1. The Morgan fingerprint density at radius 1 is 1.27 bits per heavy atom. The summed E-state index contributed by atoms with van der Waals surface area (Å²) in [6.45, 7) is 4.35. The van der Waals surface area contributed by atoms with Gasteiger partial charge >= 0.3 is 0 Å². The van der Waals surface area contributed by atoms with Crippen LogP contribution < -0.4 is 19.7 Å². The Hall–Kier alpha value is -3.02. The van der Waals surface area contributed by atoms with Crippen LogP contribution in [0.4, 0.5) is 11.4 Å². The van der Waals surface area contributed by atoms with Gasteiger partial charge in [0.05, 0.1) is 12.3 Å². The maximum atomic E-state index is 12.5. The first-order valence-corrected chi connectivity index (χ1v) is 8.62. The summed E-state index contributed by atoms with van der Waals surface area (Å²) in [6.07, 6.45) is 0.386. The first-order chi connectivity index (χ1) is 12.5. The van der Waals surface area contributed by atoms with Crippen molar-refractivity contribution in [2.24, 2.45) is 0 Å². The molecule has 0 aliphatic carbocycles. The molecule has 1 N–H and O–H groups in total. The molecule has 136 valence electrons. The maximum absolute atomic E-state index is 12.5. The zero-order valence-corrected chi connectivity index (χ0v) is 15.1. The van der Waals surface area contributed by atoms with E-state index in [9.17, 15) is 9.59 Å². The Balaban J connectivity index is 1.77. The number of amides is 2. The number of likely N-dealkylation sites (N-methyl/N-ethyl adjacent to an activating group) is 1. The number of hydrogen-bond donors (Lipinski definition) is 1. The van der Waals surface area contributed by atoms with Gasteiger partial charge in [-0.25, -0.2) is 0 Å². The summed E-state index contributed by atoms with van der Waals surface area (Å²) in [5.41, 5.74) is 1.72. The summed E-state index contributed by atoms with van der Waals surface area (Å²) >= 11 is 0. The van der Waals surface area contributed by atoms with Gasteiger partial charge in [0.25, 0.3) is 11.8 Å². The normalized spacial score (nSPS) is 15.9. The number of fused-ring (bicyclic) bond motifs is 1. The number of benzene rings is 2. The van der Waals surface area contributed by atoms with Crippen LogP contribution in [0.1, 0.15) is 30.6 Å². The molecule has 2 amide bonds. The van der Waals surface area contributed by atoms with Crippen molar-refractivity contribution in [1.82, 2.24) is 0 Å². The molecule has 0 saturated heterocycles. The van der Waals surface area contributed by atoms with Crippen LogP contribution in [0.2, 0.25) is 0 Å². The predicted octanol–water partition coefficient (Wildman–Crippen LogP) is 3.47. The van der Waals surface area contributed by atoms with Crippen molar-refractivity contribution < 1.29 is 19.1 Å². The highest BCUT2D eigenvalue weighted by Crippen LogP contribution is 2.35. The topological polar surface area (TPSA) is 67.9 Å². The van der Waals surface area contributed by atoms with E-state index in [0.29, 0.717) is 35.0 Å². The Morgan fingerprint density at radius 3 is 2.85 bits per heavy atom. The molecule has 1 atom stereocenters. The largest absolute Gasteiger partial charge is 0.494 e. The predicted molar refractivity (Wildman–Crippen MR) is 100 cm³/mol. The van der Waals surface area contributed by atoms with Gasteiger partial charge in [-0.15, -0.1) is 0 Å². The highest BCUT2D eigenvalue weighted by molar-refractivity contribution is 6.05. The lowest BCUT2D eigenvalue weighted by Gasteiger charge is -2.30. The number of rotatable bonds is 5. The molecule has 6 nitrogen and oxygen atoms in total. The van der Waals surface area contributed by atoms with Gasteiger partial charge in [0.1, 0.15) is 11.5 Å². The Morgan fingerprint density at radius 2 is 2.08 bits per heavy atom. The van der Waals surface area contributed by atoms with Crippen molar-refractivity contribution in [3.05, 3.63) is 48.0 Å². The van der Waals surface area contributed by atoms with Crippen molar-refractivity contribution >= 4 is 23.2 Å². The third-order valence-corrected chi connectivity index (χ3v) is 4.13.